The molecule has 0 rings (SSSR count). The van der Waals surface area contributed by atoms with Crippen molar-refractivity contribution in [3.63, 3.8) is 0 Å². The summed E-state index contributed by atoms with van der Waals surface area (Å²) in [6.45, 7) is 10.5. The highest BCUT2D eigenvalue weighted by Gasteiger charge is 2.11. The summed E-state index contributed by atoms with van der Waals surface area (Å²) < 4.78 is 5.07. The lowest BCUT2D eigenvalue weighted by Gasteiger charge is -2.23. The number of nitrogens with zero attached hydrogens (tertiary/aromatic N) is 1. The van der Waals surface area contributed by atoms with Crippen LogP contribution in [0.1, 0.15) is 27.2 Å². The highest BCUT2D eigenvalue weighted by molar-refractivity contribution is 5.71. The van der Waals surface area contributed by atoms with Crippen LogP contribution in [-0.4, -0.2) is 31.2 Å². The lowest BCUT2D eigenvalue weighted by molar-refractivity contribution is -0.146. The van der Waals surface area contributed by atoms with Gasteiger partial charge in [-0.3, -0.25) is 4.79 Å². The van der Waals surface area contributed by atoms with Crippen molar-refractivity contribution in [2.45, 2.75) is 27.2 Å². The minimum atomic E-state index is -0.229. The third kappa shape index (κ3) is 6.12. The minimum Gasteiger partial charge on any atom is -0.464 e. The van der Waals surface area contributed by atoms with Gasteiger partial charge in [0.15, 0.2) is 0 Å². The van der Waals surface area contributed by atoms with Crippen LogP contribution in [0.3, 0.4) is 0 Å². The summed E-state index contributed by atoms with van der Waals surface area (Å²) in [6.07, 6.45) is 0.804. The second-order valence-corrected chi connectivity index (χ2v) is 3.81. The van der Waals surface area contributed by atoms with Crippen molar-refractivity contribution in [2.75, 3.05) is 20.2 Å². The second-order valence-electron chi connectivity index (χ2n) is 3.81. The molecule has 0 saturated carbocycles. The summed E-state index contributed by atoms with van der Waals surface area (Å²) in [6, 6.07) is 0. The first kappa shape index (κ1) is 14.0. The Balaban J connectivity index is 3.96. The van der Waals surface area contributed by atoms with Crippen molar-refractivity contribution in [1.29, 1.82) is 0 Å². The van der Waals surface area contributed by atoms with Crippen molar-refractivity contribution in [1.82, 2.24) is 10.4 Å². The molecule has 0 aliphatic rings. The molecule has 0 saturated heterocycles. The van der Waals surface area contributed by atoms with E-state index in [2.05, 4.69) is 12.0 Å². The summed E-state index contributed by atoms with van der Waals surface area (Å²) in [5.74, 6) is 0.138. The SMILES string of the molecule is C=C(CC)N(CC(=O)OCC(C)C)NC. The van der Waals surface area contributed by atoms with E-state index in [-0.39, 0.29) is 12.5 Å². The second kappa shape index (κ2) is 7.29. The number of rotatable bonds is 7. The molecule has 0 bridgehead atoms. The van der Waals surface area contributed by atoms with Gasteiger partial charge in [0.25, 0.3) is 0 Å². The van der Waals surface area contributed by atoms with Crippen molar-refractivity contribution in [3.8, 4) is 0 Å². The lowest BCUT2D eigenvalue weighted by Crippen LogP contribution is -2.38. The molecule has 0 aliphatic carbocycles. The van der Waals surface area contributed by atoms with Crippen LogP contribution in [0.2, 0.25) is 0 Å². The van der Waals surface area contributed by atoms with Crippen LogP contribution in [0, 0.1) is 5.92 Å². The predicted octanol–water partition coefficient (Wildman–Crippen LogP) is 1.55. The maximum Gasteiger partial charge on any atom is 0.327 e. The van der Waals surface area contributed by atoms with Gasteiger partial charge in [0, 0.05) is 12.7 Å². The molecule has 1 N–H and O–H groups in total. The Bertz CT molecular complexity index is 215. The predicted molar refractivity (Wildman–Crippen MR) is 61.0 cm³/mol. The minimum absolute atomic E-state index is 0.204. The Labute approximate surface area is 92.3 Å². The van der Waals surface area contributed by atoms with E-state index in [0.717, 1.165) is 12.1 Å². The molecule has 0 atom stereocenters. The van der Waals surface area contributed by atoms with Gasteiger partial charge in [-0.15, -0.1) is 0 Å². The largest absolute Gasteiger partial charge is 0.464 e. The fourth-order valence-electron chi connectivity index (χ4n) is 0.974. The first-order chi connectivity index (χ1) is 7.01. The summed E-state index contributed by atoms with van der Waals surface area (Å²) in [4.78, 5) is 11.4. The third-order valence-corrected chi connectivity index (χ3v) is 1.92. The summed E-state index contributed by atoms with van der Waals surface area (Å²) in [5.41, 5.74) is 3.78. The van der Waals surface area contributed by atoms with E-state index in [1.54, 1.807) is 12.1 Å². The van der Waals surface area contributed by atoms with Crippen molar-refractivity contribution in [3.05, 3.63) is 12.3 Å². The highest BCUT2D eigenvalue weighted by atomic mass is 16.5. The Morgan fingerprint density at radius 1 is 1.53 bits per heavy atom. The number of allylic oxidation sites excluding steroid dienone is 1. The standard InChI is InChI=1S/C11H22N2O2/c1-6-10(4)13(12-5)7-11(14)15-8-9(2)3/h9,12H,4,6-8H2,1-3,5H3. The first-order valence-corrected chi connectivity index (χ1v) is 5.29. The highest BCUT2D eigenvalue weighted by Crippen LogP contribution is 2.02. The van der Waals surface area contributed by atoms with E-state index in [0.29, 0.717) is 12.5 Å². The molecule has 0 aromatic rings. The topological polar surface area (TPSA) is 41.6 Å². The van der Waals surface area contributed by atoms with Crippen LogP contribution in [-0.2, 0) is 9.53 Å². The summed E-state index contributed by atoms with van der Waals surface area (Å²) >= 11 is 0. The molecule has 0 unspecified atom stereocenters. The van der Waals surface area contributed by atoms with Crippen LogP contribution in [0.25, 0.3) is 0 Å². The molecule has 4 heteroatoms. The molecule has 4 nitrogen and oxygen atoms in total. The van der Waals surface area contributed by atoms with E-state index < -0.39 is 0 Å². The zero-order chi connectivity index (χ0) is 11.8. The molecule has 88 valence electrons. The average Bonchev–Trinajstić information content (AvgIpc) is 2.21. The van der Waals surface area contributed by atoms with Gasteiger partial charge in [0.1, 0.15) is 6.54 Å². The van der Waals surface area contributed by atoms with E-state index in [1.165, 1.54) is 0 Å². The van der Waals surface area contributed by atoms with Gasteiger partial charge in [-0.05, 0) is 12.3 Å². The Morgan fingerprint density at radius 2 is 2.13 bits per heavy atom. The quantitative estimate of drug-likeness (QED) is 0.515. The average molecular weight is 214 g/mol. The van der Waals surface area contributed by atoms with E-state index >= 15 is 0 Å². The third-order valence-electron chi connectivity index (χ3n) is 1.92. The van der Waals surface area contributed by atoms with Crippen LogP contribution in [0.15, 0.2) is 12.3 Å². The van der Waals surface area contributed by atoms with Crippen LogP contribution in [0.5, 0.6) is 0 Å². The fourth-order valence-corrected chi connectivity index (χ4v) is 0.974. The molecular formula is C11H22N2O2. The summed E-state index contributed by atoms with van der Waals surface area (Å²) in [5, 5.41) is 1.70. The number of hydrazine groups is 1. The monoisotopic (exact) mass is 214 g/mol. The van der Waals surface area contributed by atoms with Gasteiger partial charge in [-0.25, -0.2) is 5.43 Å². The molecule has 15 heavy (non-hydrogen) atoms. The Kier molecular flexibility index (Phi) is 6.79. The van der Waals surface area contributed by atoms with Crippen molar-refractivity contribution < 1.29 is 9.53 Å². The van der Waals surface area contributed by atoms with Crippen LogP contribution in [0.4, 0.5) is 0 Å². The van der Waals surface area contributed by atoms with Gasteiger partial charge in [0.2, 0.25) is 0 Å². The number of hydrogen-bond acceptors (Lipinski definition) is 4. The lowest BCUT2D eigenvalue weighted by atomic mass is 10.2. The molecular weight excluding hydrogens is 192 g/mol. The molecule has 0 amide bonds. The Morgan fingerprint density at radius 3 is 2.53 bits per heavy atom. The number of carbonyl (C=O) groups excluding carboxylic acids is 1. The number of nitrogens with one attached hydrogen (secondary N) is 1. The van der Waals surface area contributed by atoms with Crippen molar-refractivity contribution >= 4 is 5.97 Å². The van der Waals surface area contributed by atoms with Gasteiger partial charge < -0.3 is 9.75 Å². The molecule has 0 fully saturated rings. The maximum absolute atomic E-state index is 11.4. The molecule has 0 spiro atoms. The van der Waals surface area contributed by atoms with Crippen LogP contribution >= 0.6 is 0 Å². The molecule has 0 aliphatic heterocycles. The zero-order valence-corrected chi connectivity index (χ0v) is 10.2. The van der Waals surface area contributed by atoms with Crippen molar-refractivity contribution in [2.24, 2.45) is 5.92 Å². The van der Waals surface area contributed by atoms with E-state index in [1.807, 2.05) is 20.8 Å². The van der Waals surface area contributed by atoms with Gasteiger partial charge in [0.05, 0.1) is 6.61 Å². The number of esters is 1. The van der Waals surface area contributed by atoms with Gasteiger partial charge in [-0.2, -0.15) is 0 Å². The number of carbonyl (C=O) groups is 1. The maximum atomic E-state index is 11.4. The van der Waals surface area contributed by atoms with Crippen LogP contribution < -0.4 is 5.43 Å². The van der Waals surface area contributed by atoms with E-state index in [9.17, 15) is 4.79 Å². The Hall–Kier alpha value is -1.03. The summed E-state index contributed by atoms with van der Waals surface area (Å²) in [7, 11) is 1.76. The fraction of sp³-hybridized carbons (Fsp3) is 0.727. The molecule has 0 heterocycles. The molecule has 0 aromatic heterocycles. The number of ether oxygens (including phenoxy) is 1. The molecule has 0 radical (unpaired) electrons. The van der Waals surface area contributed by atoms with Gasteiger partial charge >= 0.3 is 5.97 Å². The molecule has 0 aromatic carbocycles. The smallest absolute Gasteiger partial charge is 0.327 e. The van der Waals surface area contributed by atoms with E-state index in [4.69, 9.17) is 4.74 Å². The zero-order valence-electron chi connectivity index (χ0n) is 10.2. The van der Waals surface area contributed by atoms with Gasteiger partial charge in [-0.1, -0.05) is 27.4 Å². The first-order valence-electron chi connectivity index (χ1n) is 5.29. The number of hydrogen-bond donors (Lipinski definition) is 1. The normalized spacial score (nSPS) is 10.2.